The molecule has 1 aliphatic rings. The molecule has 1 atom stereocenters. The van der Waals surface area contributed by atoms with E-state index in [-0.39, 0.29) is 0 Å². The second-order valence-corrected chi connectivity index (χ2v) is 3.49. The van der Waals surface area contributed by atoms with Gasteiger partial charge in [0.05, 0.1) is 6.61 Å². The first-order valence-electron chi connectivity index (χ1n) is 4.76. The molecule has 1 heterocycles. The van der Waals surface area contributed by atoms with Crippen LogP contribution in [0, 0.1) is 0 Å². The van der Waals surface area contributed by atoms with Gasteiger partial charge >= 0.3 is 0 Å². The van der Waals surface area contributed by atoms with Gasteiger partial charge < -0.3 is 10.1 Å². The molecular weight excluding hydrogens is 152 g/mol. The van der Waals surface area contributed by atoms with Gasteiger partial charge in [-0.15, -0.1) is 0 Å². The van der Waals surface area contributed by atoms with Gasteiger partial charge in [0.1, 0.15) is 0 Å². The van der Waals surface area contributed by atoms with Crippen LogP contribution in [-0.4, -0.2) is 50.3 Å². The highest BCUT2D eigenvalue weighted by Gasteiger charge is 2.24. The van der Waals surface area contributed by atoms with Crippen molar-refractivity contribution in [3.05, 3.63) is 0 Å². The summed E-state index contributed by atoms with van der Waals surface area (Å²) >= 11 is 0. The summed E-state index contributed by atoms with van der Waals surface area (Å²) in [5.41, 5.74) is 0. The van der Waals surface area contributed by atoms with E-state index in [0.29, 0.717) is 6.04 Å². The molecule has 0 amide bonds. The lowest BCUT2D eigenvalue weighted by Gasteiger charge is -2.39. The zero-order chi connectivity index (χ0) is 8.97. The fourth-order valence-electron chi connectivity index (χ4n) is 1.33. The number of hydrogen-bond acceptors (Lipinski definition) is 3. The summed E-state index contributed by atoms with van der Waals surface area (Å²) < 4.78 is 5.37. The number of likely N-dealkylation sites (N-methyl/N-ethyl adjacent to an activating group) is 1. The molecule has 12 heavy (non-hydrogen) atoms. The van der Waals surface area contributed by atoms with Crippen molar-refractivity contribution in [1.29, 1.82) is 0 Å². The summed E-state index contributed by atoms with van der Waals surface area (Å²) in [6, 6.07) is 1.26. The fraction of sp³-hybridized carbons (Fsp3) is 1.00. The Morgan fingerprint density at radius 3 is 2.67 bits per heavy atom. The highest BCUT2D eigenvalue weighted by atomic mass is 16.5. The molecule has 0 aromatic heterocycles. The van der Waals surface area contributed by atoms with Crippen molar-refractivity contribution >= 4 is 0 Å². The minimum atomic E-state index is 0.539. The first-order chi connectivity index (χ1) is 5.75. The van der Waals surface area contributed by atoms with Gasteiger partial charge in [-0.1, -0.05) is 0 Å². The van der Waals surface area contributed by atoms with Crippen molar-refractivity contribution in [2.24, 2.45) is 0 Å². The van der Waals surface area contributed by atoms with Crippen molar-refractivity contribution in [3.63, 3.8) is 0 Å². The van der Waals surface area contributed by atoms with E-state index < -0.39 is 0 Å². The highest BCUT2D eigenvalue weighted by Crippen LogP contribution is 2.06. The summed E-state index contributed by atoms with van der Waals surface area (Å²) in [4.78, 5) is 2.40. The van der Waals surface area contributed by atoms with Crippen LogP contribution in [0.2, 0.25) is 0 Å². The molecule has 1 fully saturated rings. The first-order valence-corrected chi connectivity index (χ1v) is 4.76. The monoisotopic (exact) mass is 172 g/mol. The molecule has 0 bridgehead atoms. The molecule has 1 rings (SSSR count). The maximum atomic E-state index is 5.37. The van der Waals surface area contributed by atoms with Crippen molar-refractivity contribution < 1.29 is 4.74 Å². The number of nitrogens with zero attached hydrogens (tertiary/aromatic N) is 1. The topological polar surface area (TPSA) is 24.5 Å². The molecule has 3 nitrogen and oxygen atoms in total. The average Bonchev–Trinajstić information content (AvgIpc) is 1.96. The third kappa shape index (κ3) is 2.44. The van der Waals surface area contributed by atoms with E-state index >= 15 is 0 Å². The highest BCUT2D eigenvalue weighted by molar-refractivity contribution is 4.85. The maximum absolute atomic E-state index is 5.37. The Kier molecular flexibility index (Phi) is 3.98. The quantitative estimate of drug-likeness (QED) is 0.646. The van der Waals surface area contributed by atoms with Gasteiger partial charge in [0, 0.05) is 31.8 Å². The van der Waals surface area contributed by atoms with Crippen molar-refractivity contribution in [3.8, 4) is 0 Å². The molecular formula is C9H20N2O. The minimum absolute atomic E-state index is 0.539. The summed E-state index contributed by atoms with van der Waals surface area (Å²) in [5.74, 6) is 0. The lowest BCUT2D eigenvalue weighted by Crippen LogP contribution is -2.58. The second-order valence-electron chi connectivity index (χ2n) is 3.49. The summed E-state index contributed by atoms with van der Waals surface area (Å²) in [7, 11) is 2.18. The molecule has 0 radical (unpaired) electrons. The van der Waals surface area contributed by atoms with E-state index in [9.17, 15) is 0 Å². The Morgan fingerprint density at radius 1 is 1.58 bits per heavy atom. The molecule has 0 spiro atoms. The Morgan fingerprint density at radius 2 is 2.25 bits per heavy atom. The van der Waals surface area contributed by atoms with Gasteiger partial charge in [-0.3, -0.25) is 4.90 Å². The Labute approximate surface area is 75.1 Å². The first kappa shape index (κ1) is 9.96. The van der Waals surface area contributed by atoms with Crippen molar-refractivity contribution in [2.45, 2.75) is 25.9 Å². The van der Waals surface area contributed by atoms with Crippen LogP contribution in [0.15, 0.2) is 0 Å². The second kappa shape index (κ2) is 4.80. The van der Waals surface area contributed by atoms with Gasteiger partial charge in [0.15, 0.2) is 0 Å². The van der Waals surface area contributed by atoms with Gasteiger partial charge in [-0.2, -0.15) is 0 Å². The van der Waals surface area contributed by atoms with E-state index in [1.807, 2.05) is 6.92 Å². The number of rotatable bonds is 5. The van der Waals surface area contributed by atoms with Crippen LogP contribution >= 0.6 is 0 Å². The van der Waals surface area contributed by atoms with Crippen LogP contribution in [-0.2, 0) is 4.74 Å². The van der Waals surface area contributed by atoms with Crippen LogP contribution in [0.25, 0.3) is 0 Å². The van der Waals surface area contributed by atoms with Crippen molar-refractivity contribution in [2.75, 3.05) is 33.4 Å². The van der Waals surface area contributed by atoms with Crippen LogP contribution < -0.4 is 5.32 Å². The van der Waals surface area contributed by atoms with Crippen LogP contribution in [0.1, 0.15) is 13.8 Å². The van der Waals surface area contributed by atoms with E-state index in [0.717, 1.165) is 32.3 Å². The minimum Gasteiger partial charge on any atom is -0.380 e. The molecule has 72 valence electrons. The molecule has 1 N–H and O–H groups in total. The number of ether oxygens (including phenoxy) is 1. The van der Waals surface area contributed by atoms with Gasteiger partial charge in [-0.05, 0) is 20.9 Å². The average molecular weight is 172 g/mol. The molecule has 0 aliphatic carbocycles. The summed E-state index contributed by atoms with van der Waals surface area (Å²) in [5, 5.41) is 3.27. The van der Waals surface area contributed by atoms with Crippen molar-refractivity contribution in [1.82, 2.24) is 10.2 Å². The Hall–Kier alpha value is -0.120. The largest absolute Gasteiger partial charge is 0.380 e. The van der Waals surface area contributed by atoms with Crippen LogP contribution in [0.5, 0.6) is 0 Å². The van der Waals surface area contributed by atoms with Crippen LogP contribution in [0.3, 0.4) is 0 Å². The zero-order valence-electron chi connectivity index (χ0n) is 8.34. The maximum Gasteiger partial charge on any atom is 0.0619 e. The van der Waals surface area contributed by atoms with Gasteiger partial charge in [0.25, 0.3) is 0 Å². The molecule has 3 heteroatoms. The molecule has 1 aliphatic heterocycles. The molecule has 0 saturated carbocycles. The summed E-state index contributed by atoms with van der Waals surface area (Å²) in [6.45, 7) is 8.19. The third-order valence-corrected chi connectivity index (χ3v) is 2.59. The van der Waals surface area contributed by atoms with Gasteiger partial charge in [0.2, 0.25) is 0 Å². The summed E-state index contributed by atoms with van der Waals surface area (Å²) in [6.07, 6.45) is 0. The van der Waals surface area contributed by atoms with E-state index in [4.69, 9.17) is 4.74 Å². The smallest absolute Gasteiger partial charge is 0.0619 e. The van der Waals surface area contributed by atoms with E-state index in [1.54, 1.807) is 0 Å². The van der Waals surface area contributed by atoms with E-state index in [1.165, 1.54) is 0 Å². The SMILES string of the molecule is CCOCC(C)N(C)C1CNC1. The predicted molar refractivity (Wildman–Crippen MR) is 50.4 cm³/mol. The molecule has 1 unspecified atom stereocenters. The Bertz CT molecular complexity index is 126. The standard InChI is InChI=1S/C9H20N2O/c1-4-12-7-8(2)11(3)9-5-10-6-9/h8-10H,4-7H2,1-3H3. The zero-order valence-corrected chi connectivity index (χ0v) is 8.34. The fourth-order valence-corrected chi connectivity index (χ4v) is 1.33. The van der Waals surface area contributed by atoms with E-state index in [2.05, 4.69) is 24.2 Å². The number of hydrogen-bond donors (Lipinski definition) is 1. The Balaban J connectivity index is 2.15. The lowest BCUT2D eigenvalue weighted by molar-refractivity contribution is 0.0523. The predicted octanol–water partition coefficient (Wildman–Crippen LogP) is 0.315. The van der Waals surface area contributed by atoms with Crippen LogP contribution in [0.4, 0.5) is 0 Å². The van der Waals surface area contributed by atoms with Gasteiger partial charge in [-0.25, -0.2) is 0 Å². The number of nitrogens with one attached hydrogen (secondary N) is 1. The molecule has 1 saturated heterocycles. The normalized spacial score (nSPS) is 21.0. The third-order valence-electron chi connectivity index (χ3n) is 2.59. The lowest BCUT2D eigenvalue weighted by atomic mass is 10.1. The molecule has 0 aromatic carbocycles. The molecule has 0 aromatic rings.